The summed E-state index contributed by atoms with van der Waals surface area (Å²) in [5.41, 5.74) is 4.49. The minimum atomic E-state index is -1.00. The van der Waals surface area contributed by atoms with Gasteiger partial charge in [0.25, 0.3) is 0 Å². The average molecular weight is 286 g/mol. The number of amides is 2. The molecule has 1 atom stereocenters. The van der Waals surface area contributed by atoms with Crippen molar-refractivity contribution in [2.45, 2.75) is 44.6 Å². The molecule has 6 nitrogen and oxygen atoms in total. The third-order valence-corrected chi connectivity index (χ3v) is 3.75. The molecule has 1 fully saturated rings. The summed E-state index contributed by atoms with van der Waals surface area (Å²) < 4.78 is 10.5. The first-order chi connectivity index (χ1) is 9.58. The number of primary amides is 1. The van der Waals surface area contributed by atoms with Gasteiger partial charge in [-0.1, -0.05) is 19.8 Å². The van der Waals surface area contributed by atoms with Gasteiger partial charge >= 0.3 is 0 Å². The lowest BCUT2D eigenvalue weighted by molar-refractivity contribution is -0.149. The zero-order valence-corrected chi connectivity index (χ0v) is 12.5. The van der Waals surface area contributed by atoms with Crippen molar-refractivity contribution in [3.63, 3.8) is 0 Å². The molecule has 2 amide bonds. The Hall–Kier alpha value is -1.14. The molecule has 0 aliphatic carbocycles. The largest absolute Gasteiger partial charge is 0.382 e. The van der Waals surface area contributed by atoms with Crippen LogP contribution in [-0.2, 0) is 19.1 Å². The van der Waals surface area contributed by atoms with E-state index in [0.29, 0.717) is 19.6 Å². The molecule has 0 aromatic carbocycles. The summed E-state index contributed by atoms with van der Waals surface area (Å²) in [6.07, 6.45) is 4.46. The van der Waals surface area contributed by atoms with Crippen molar-refractivity contribution in [2.75, 3.05) is 33.5 Å². The van der Waals surface area contributed by atoms with Crippen LogP contribution in [0.25, 0.3) is 0 Å². The second-order valence-electron chi connectivity index (χ2n) is 5.24. The Kier molecular flexibility index (Phi) is 6.95. The van der Waals surface area contributed by atoms with Crippen molar-refractivity contribution in [1.29, 1.82) is 0 Å². The molecular formula is C14H26N2O4. The fourth-order valence-corrected chi connectivity index (χ4v) is 2.65. The highest BCUT2D eigenvalue weighted by molar-refractivity contribution is 5.91. The molecule has 1 rings (SSSR count). The number of carbonyl (C=O) groups is 2. The fraction of sp³-hybridized carbons (Fsp3) is 0.857. The number of nitrogens with zero attached hydrogens (tertiary/aromatic N) is 1. The van der Waals surface area contributed by atoms with Gasteiger partial charge in [0.15, 0.2) is 0 Å². The van der Waals surface area contributed by atoms with Gasteiger partial charge in [0.05, 0.1) is 6.61 Å². The zero-order valence-electron chi connectivity index (χ0n) is 12.5. The minimum absolute atomic E-state index is 0.00244. The molecule has 0 radical (unpaired) electrons. The summed E-state index contributed by atoms with van der Waals surface area (Å²) in [4.78, 5) is 25.5. The van der Waals surface area contributed by atoms with Crippen LogP contribution in [0.15, 0.2) is 0 Å². The van der Waals surface area contributed by atoms with E-state index < -0.39 is 11.4 Å². The molecule has 0 saturated carbocycles. The Labute approximate surface area is 120 Å². The molecular weight excluding hydrogens is 260 g/mol. The van der Waals surface area contributed by atoms with Gasteiger partial charge in [-0.15, -0.1) is 0 Å². The smallest absolute Gasteiger partial charge is 0.249 e. The van der Waals surface area contributed by atoms with Crippen LogP contribution in [0.3, 0.4) is 0 Å². The van der Waals surface area contributed by atoms with Crippen molar-refractivity contribution >= 4 is 11.8 Å². The number of unbranched alkanes of at least 4 members (excludes halogenated alkanes) is 2. The molecule has 1 aliphatic heterocycles. The highest BCUT2D eigenvalue weighted by atomic mass is 16.5. The maximum Gasteiger partial charge on any atom is 0.249 e. The fourth-order valence-electron chi connectivity index (χ4n) is 2.65. The number of nitrogens with two attached hydrogens (primary N) is 1. The van der Waals surface area contributed by atoms with E-state index >= 15 is 0 Å². The molecule has 6 heteroatoms. The minimum Gasteiger partial charge on any atom is -0.382 e. The molecule has 20 heavy (non-hydrogen) atoms. The summed E-state index contributed by atoms with van der Waals surface area (Å²) in [7, 11) is 1.51. The van der Waals surface area contributed by atoms with E-state index in [4.69, 9.17) is 15.2 Å². The third-order valence-electron chi connectivity index (χ3n) is 3.75. The first kappa shape index (κ1) is 16.9. The summed E-state index contributed by atoms with van der Waals surface area (Å²) in [6.45, 7) is 3.36. The molecule has 1 saturated heterocycles. The van der Waals surface area contributed by atoms with E-state index in [-0.39, 0.29) is 19.1 Å². The third kappa shape index (κ3) is 3.93. The van der Waals surface area contributed by atoms with Crippen LogP contribution >= 0.6 is 0 Å². The monoisotopic (exact) mass is 286 g/mol. The van der Waals surface area contributed by atoms with Crippen LogP contribution in [0, 0.1) is 0 Å². The first-order valence-corrected chi connectivity index (χ1v) is 7.25. The van der Waals surface area contributed by atoms with Crippen molar-refractivity contribution in [3.05, 3.63) is 0 Å². The Bertz CT molecular complexity index is 335. The number of hydrogen-bond donors (Lipinski definition) is 1. The van der Waals surface area contributed by atoms with Crippen LogP contribution in [0.5, 0.6) is 0 Å². The van der Waals surface area contributed by atoms with Gasteiger partial charge in [-0.25, -0.2) is 0 Å². The molecule has 116 valence electrons. The van der Waals surface area contributed by atoms with Crippen LogP contribution in [0.1, 0.15) is 39.0 Å². The van der Waals surface area contributed by atoms with E-state index in [1.54, 1.807) is 0 Å². The lowest BCUT2D eigenvalue weighted by atomic mass is 9.96. The number of hydrogen-bond acceptors (Lipinski definition) is 4. The molecule has 0 aromatic rings. The second kappa shape index (κ2) is 8.21. The number of carbonyl (C=O) groups excluding carboxylic acids is 2. The highest BCUT2D eigenvalue weighted by Gasteiger charge is 2.48. The van der Waals surface area contributed by atoms with Crippen LogP contribution in [0.2, 0.25) is 0 Å². The maximum absolute atomic E-state index is 12.2. The normalized spacial score (nSPS) is 22.2. The van der Waals surface area contributed by atoms with Gasteiger partial charge in [-0.3, -0.25) is 9.59 Å². The number of methoxy groups -OCH3 is 1. The van der Waals surface area contributed by atoms with Gasteiger partial charge in [-0.2, -0.15) is 0 Å². The first-order valence-electron chi connectivity index (χ1n) is 7.25. The van der Waals surface area contributed by atoms with Crippen LogP contribution < -0.4 is 5.73 Å². The predicted octanol–water partition coefficient (Wildman–Crippen LogP) is 0.686. The topological polar surface area (TPSA) is 81.9 Å². The van der Waals surface area contributed by atoms with Gasteiger partial charge < -0.3 is 20.1 Å². The van der Waals surface area contributed by atoms with Crippen molar-refractivity contribution in [1.82, 2.24) is 4.90 Å². The van der Waals surface area contributed by atoms with Crippen LogP contribution in [-0.4, -0.2) is 55.7 Å². The second-order valence-corrected chi connectivity index (χ2v) is 5.24. The number of rotatable bonds is 9. The zero-order chi connectivity index (χ0) is 15.0. The molecule has 0 spiro atoms. The van der Waals surface area contributed by atoms with Gasteiger partial charge in [0, 0.05) is 20.3 Å². The molecule has 1 unspecified atom stereocenters. The maximum atomic E-state index is 12.2. The summed E-state index contributed by atoms with van der Waals surface area (Å²) in [6, 6.07) is 0. The lowest BCUT2D eigenvalue weighted by Crippen LogP contribution is -2.59. The Morgan fingerprint density at radius 3 is 2.70 bits per heavy atom. The Morgan fingerprint density at radius 2 is 2.10 bits per heavy atom. The molecule has 1 heterocycles. The molecule has 0 aromatic heterocycles. The summed E-state index contributed by atoms with van der Waals surface area (Å²) >= 11 is 0. The van der Waals surface area contributed by atoms with Gasteiger partial charge in [-0.05, 0) is 19.3 Å². The van der Waals surface area contributed by atoms with Crippen molar-refractivity contribution in [3.8, 4) is 0 Å². The number of ether oxygens (including phenoxy) is 2. The van der Waals surface area contributed by atoms with Gasteiger partial charge in [0.2, 0.25) is 11.8 Å². The molecule has 2 N–H and O–H groups in total. The van der Waals surface area contributed by atoms with E-state index in [0.717, 1.165) is 25.7 Å². The Balaban J connectivity index is 2.54. The predicted molar refractivity (Wildman–Crippen MR) is 75.1 cm³/mol. The molecule has 0 bridgehead atoms. The quantitative estimate of drug-likeness (QED) is 0.632. The molecule has 1 aliphatic rings. The standard InChI is InChI=1S/C14H26N2O4/c1-3-4-5-9-20-10-12(17)16-8-6-7-14(16,11-19-2)13(15)18/h3-11H2,1-2H3,(H2,15,18). The van der Waals surface area contributed by atoms with E-state index in [1.165, 1.54) is 12.0 Å². The van der Waals surface area contributed by atoms with E-state index in [1.807, 2.05) is 0 Å². The Morgan fingerprint density at radius 1 is 1.35 bits per heavy atom. The summed E-state index contributed by atoms with van der Waals surface area (Å²) in [5.74, 6) is -0.689. The van der Waals surface area contributed by atoms with Crippen molar-refractivity contribution < 1.29 is 19.1 Å². The highest BCUT2D eigenvalue weighted by Crippen LogP contribution is 2.29. The summed E-state index contributed by atoms with van der Waals surface area (Å²) in [5, 5.41) is 0. The van der Waals surface area contributed by atoms with Crippen LogP contribution in [0.4, 0.5) is 0 Å². The SMILES string of the molecule is CCCCCOCC(=O)N1CCCC1(COC)C(N)=O. The number of likely N-dealkylation sites (tertiary alicyclic amines) is 1. The van der Waals surface area contributed by atoms with E-state index in [9.17, 15) is 9.59 Å². The lowest BCUT2D eigenvalue weighted by Gasteiger charge is -2.35. The van der Waals surface area contributed by atoms with Crippen molar-refractivity contribution in [2.24, 2.45) is 5.73 Å². The van der Waals surface area contributed by atoms with E-state index in [2.05, 4.69) is 6.92 Å². The van der Waals surface area contributed by atoms with Gasteiger partial charge in [0.1, 0.15) is 12.1 Å². The average Bonchev–Trinajstić information content (AvgIpc) is 2.84.